The molecule has 0 spiro atoms. The first kappa shape index (κ1) is 25.7. The lowest BCUT2D eigenvalue weighted by Crippen LogP contribution is -2.29. The van der Waals surface area contributed by atoms with Gasteiger partial charge in [-0.1, -0.05) is 55.7 Å². The van der Waals surface area contributed by atoms with E-state index in [0.717, 1.165) is 36.0 Å². The first-order valence-electron chi connectivity index (χ1n) is 12.7. The normalized spacial score (nSPS) is 14.4. The van der Waals surface area contributed by atoms with Gasteiger partial charge in [0.25, 0.3) is 0 Å². The minimum atomic E-state index is -3.53. The number of rotatable bonds is 9. The van der Waals surface area contributed by atoms with Gasteiger partial charge in [-0.2, -0.15) is 0 Å². The fraction of sp³-hybridized carbons (Fsp3) is 0.276. The summed E-state index contributed by atoms with van der Waals surface area (Å²) in [5, 5.41) is 9.23. The predicted octanol–water partition coefficient (Wildman–Crippen LogP) is 5.55. The smallest absolute Gasteiger partial charge is 0.303 e. The second kappa shape index (κ2) is 10.8. The minimum absolute atomic E-state index is 0.0487. The van der Waals surface area contributed by atoms with Gasteiger partial charge in [0.05, 0.1) is 5.25 Å². The fourth-order valence-corrected chi connectivity index (χ4v) is 6.59. The number of benzene rings is 2. The molecule has 0 unspecified atom stereocenters. The van der Waals surface area contributed by atoms with Crippen LogP contribution in [0.1, 0.15) is 60.0 Å². The number of pyridine rings is 1. The highest BCUT2D eigenvalue weighted by Crippen LogP contribution is 2.29. The van der Waals surface area contributed by atoms with Crippen LogP contribution in [0, 0.1) is 0 Å². The van der Waals surface area contributed by atoms with E-state index in [1.165, 1.54) is 0 Å². The summed E-state index contributed by atoms with van der Waals surface area (Å²) in [6.07, 6.45) is 7.99. The molecule has 5 rings (SSSR count). The fourth-order valence-electron chi connectivity index (χ4n) is 5.01. The van der Waals surface area contributed by atoms with Gasteiger partial charge in [0.15, 0.2) is 5.78 Å². The molecule has 3 N–H and O–H groups in total. The summed E-state index contributed by atoms with van der Waals surface area (Å²) in [5.74, 6) is -1.09. The Morgan fingerprint density at radius 1 is 1.00 bits per heavy atom. The molecular formula is C29H29N3O5S. The number of hydrogen-bond acceptors (Lipinski definition) is 5. The first-order valence-corrected chi connectivity index (χ1v) is 14.3. The van der Waals surface area contributed by atoms with Crippen molar-refractivity contribution < 1.29 is 23.1 Å². The number of carbonyl (C=O) groups excluding carboxylic acids is 1. The number of aryl methyl sites for hydroxylation is 1. The topological polar surface area (TPSA) is 129 Å². The molecule has 1 aliphatic rings. The van der Waals surface area contributed by atoms with Crippen LogP contribution in [0.25, 0.3) is 22.2 Å². The molecule has 38 heavy (non-hydrogen) atoms. The van der Waals surface area contributed by atoms with Crippen LogP contribution >= 0.6 is 0 Å². The summed E-state index contributed by atoms with van der Waals surface area (Å²) in [5.41, 5.74) is 4.33. The third-order valence-electron chi connectivity index (χ3n) is 7.04. The quantitative estimate of drug-likeness (QED) is 0.243. The number of sulfonamides is 1. The summed E-state index contributed by atoms with van der Waals surface area (Å²) in [7, 11) is -3.53. The number of H-pyrrole nitrogens is 1. The average molecular weight is 532 g/mol. The van der Waals surface area contributed by atoms with Crippen LogP contribution in [0.5, 0.6) is 0 Å². The second-order valence-corrected chi connectivity index (χ2v) is 11.7. The molecule has 0 bridgehead atoms. The number of hydrogen-bond donors (Lipinski definition) is 3. The summed E-state index contributed by atoms with van der Waals surface area (Å²) in [6, 6.07) is 16.1. The summed E-state index contributed by atoms with van der Waals surface area (Å²) in [6.45, 7) is 0. The van der Waals surface area contributed by atoms with E-state index >= 15 is 0 Å². The number of aromatic amines is 1. The Balaban J connectivity index is 1.41. The maximum absolute atomic E-state index is 13.5. The molecule has 2 aromatic carbocycles. The zero-order valence-corrected chi connectivity index (χ0v) is 21.6. The largest absolute Gasteiger partial charge is 0.481 e. The number of anilines is 1. The Labute approximate surface area is 221 Å². The van der Waals surface area contributed by atoms with Crippen LogP contribution in [-0.2, 0) is 21.2 Å². The van der Waals surface area contributed by atoms with Gasteiger partial charge in [0, 0.05) is 46.6 Å². The lowest BCUT2D eigenvalue weighted by molar-refractivity contribution is -0.136. The molecule has 0 amide bonds. The number of aliphatic carboxylic acids is 1. The molecule has 9 heteroatoms. The minimum Gasteiger partial charge on any atom is -0.481 e. The Morgan fingerprint density at radius 3 is 2.58 bits per heavy atom. The van der Waals surface area contributed by atoms with Crippen LogP contribution in [0.4, 0.5) is 5.69 Å². The molecule has 196 valence electrons. The van der Waals surface area contributed by atoms with Crippen molar-refractivity contribution in [2.24, 2.45) is 0 Å². The van der Waals surface area contributed by atoms with Crippen molar-refractivity contribution in [1.29, 1.82) is 0 Å². The van der Waals surface area contributed by atoms with Crippen LogP contribution in [0.2, 0.25) is 0 Å². The third-order valence-corrected chi connectivity index (χ3v) is 8.91. The Hall–Kier alpha value is -3.98. The van der Waals surface area contributed by atoms with Crippen molar-refractivity contribution in [2.45, 2.75) is 50.2 Å². The summed E-state index contributed by atoms with van der Waals surface area (Å²) >= 11 is 0. The molecule has 0 aliphatic heterocycles. The number of carboxylic acids is 1. The number of aromatic nitrogens is 2. The van der Waals surface area contributed by atoms with E-state index in [4.69, 9.17) is 5.11 Å². The van der Waals surface area contributed by atoms with Crippen molar-refractivity contribution in [1.82, 2.24) is 9.97 Å². The maximum atomic E-state index is 13.5. The van der Waals surface area contributed by atoms with Gasteiger partial charge in [0.1, 0.15) is 5.65 Å². The van der Waals surface area contributed by atoms with Crippen molar-refractivity contribution in [2.75, 3.05) is 4.72 Å². The molecule has 0 saturated heterocycles. The highest BCUT2D eigenvalue weighted by Gasteiger charge is 2.27. The number of ketones is 1. The van der Waals surface area contributed by atoms with Gasteiger partial charge in [-0.15, -0.1) is 0 Å². The van der Waals surface area contributed by atoms with Crippen molar-refractivity contribution in [3.63, 3.8) is 0 Å². The molecule has 1 saturated carbocycles. The molecule has 1 fully saturated rings. The Bertz CT molecular complexity index is 1600. The molecule has 4 aromatic rings. The SMILES string of the molecule is O=C(O)CCc1cccc(-c2cnc3[nH]cc(C(=O)c4cccc(NS(=O)(=O)C5CCCCC5)c4)c3c2)c1. The van der Waals surface area contributed by atoms with Crippen molar-refractivity contribution >= 4 is 38.5 Å². The first-order chi connectivity index (χ1) is 18.3. The second-order valence-electron chi connectivity index (χ2n) is 9.73. The Morgan fingerprint density at radius 2 is 1.79 bits per heavy atom. The molecule has 2 heterocycles. The van der Waals surface area contributed by atoms with Crippen molar-refractivity contribution in [3.05, 3.63) is 83.7 Å². The van der Waals surface area contributed by atoms with E-state index < -0.39 is 21.2 Å². The highest BCUT2D eigenvalue weighted by molar-refractivity contribution is 7.93. The van der Waals surface area contributed by atoms with E-state index in [1.807, 2.05) is 30.3 Å². The summed E-state index contributed by atoms with van der Waals surface area (Å²) in [4.78, 5) is 32.0. The number of carboxylic acid groups (broad SMARTS) is 1. The maximum Gasteiger partial charge on any atom is 0.303 e. The van der Waals surface area contributed by atoms with Crippen LogP contribution in [0.15, 0.2) is 67.0 Å². The van der Waals surface area contributed by atoms with Crippen LogP contribution in [-0.4, -0.2) is 40.5 Å². The molecule has 0 radical (unpaired) electrons. The lowest BCUT2D eigenvalue weighted by Gasteiger charge is -2.22. The molecular weight excluding hydrogens is 502 g/mol. The van der Waals surface area contributed by atoms with Crippen molar-refractivity contribution in [3.8, 4) is 11.1 Å². The van der Waals surface area contributed by atoms with Gasteiger partial charge in [-0.3, -0.25) is 14.3 Å². The Kier molecular flexibility index (Phi) is 7.28. The summed E-state index contributed by atoms with van der Waals surface area (Å²) < 4.78 is 28.4. The van der Waals surface area contributed by atoms with Crippen LogP contribution in [0.3, 0.4) is 0 Å². The van der Waals surface area contributed by atoms with E-state index in [9.17, 15) is 18.0 Å². The van der Waals surface area contributed by atoms with Gasteiger partial charge in [-0.05, 0) is 48.6 Å². The zero-order chi connectivity index (χ0) is 26.7. The number of nitrogens with zero attached hydrogens (tertiary/aromatic N) is 1. The monoisotopic (exact) mass is 531 g/mol. The van der Waals surface area contributed by atoms with Gasteiger partial charge in [0.2, 0.25) is 10.0 Å². The molecule has 8 nitrogen and oxygen atoms in total. The molecule has 0 atom stereocenters. The van der Waals surface area contributed by atoms with E-state index in [-0.39, 0.29) is 12.2 Å². The van der Waals surface area contributed by atoms with E-state index in [1.54, 1.807) is 36.7 Å². The number of fused-ring (bicyclic) bond motifs is 1. The average Bonchev–Trinajstić information content (AvgIpc) is 3.35. The van der Waals surface area contributed by atoms with E-state index in [2.05, 4.69) is 14.7 Å². The van der Waals surface area contributed by atoms with Crippen LogP contribution < -0.4 is 4.72 Å². The number of carbonyl (C=O) groups is 2. The lowest BCUT2D eigenvalue weighted by atomic mass is 9.99. The predicted molar refractivity (Wildman–Crippen MR) is 147 cm³/mol. The number of nitrogens with one attached hydrogen (secondary N) is 2. The van der Waals surface area contributed by atoms with Gasteiger partial charge >= 0.3 is 5.97 Å². The highest BCUT2D eigenvalue weighted by atomic mass is 32.2. The molecule has 1 aliphatic carbocycles. The standard InChI is InChI=1S/C29H29N3O5S/c33-27(34)13-12-19-6-4-7-20(14-19)22-16-25-26(18-31-29(25)30-17-22)28(35)21-8-5-9-23(15-21)32-38(36,37)24-10-2-1-3-11-24/h4-9,14-18,24,32H,1-3,10-13H2,(H,30,31)(H,33,34). The zero-order valence-electron chi connectivity index (χ0n) is 20.8. The molecule has 2 aromatic heterocycles. The third kappa shape index (κ3) is 5.62. The van der Waals surface area contributed by atoms with E-state index in [0.29, 0.717) is 47.1 Å². The van der Waals surface area contributed by atoms with Gasteiger partial charge < -0.3 is 10.1 Å². The van der Waals surface area contributed by atoms with Gasteiger partial charge in [-0.25, -0.2) is 13.4 Å².